The Bertz CT molecular complexity index is 1100. The van der Waals surface area contributed by atoms with Crippen LogP contribution in [0.1, 0.15) is 18.0 Å². The molecule has 1 saturated heterocycles. The zero-order valence-corrected chi connectivity index (χ0v) is 15.3. The van der Waals surface area contributed by atoms with Gasteiger partial charge in [-0.3, -0.25) is 14.2 Å². The molecule has 0 spiro atoms. The van der Waals surface area contributed by atoms with Crippen molar-refractivity contribution in [2.45, 2.75) is 18.9 Å². The second-order valence-corrected chi connectivity index (χ2v) is 7.20. The van der Waals surface area contributed by atoms with Crippen molar-refractivity contribution in [3.05, 3.63) is 69.1 Å². The Kier molecular flexibility index (Phi) is 4.87. The molecule has 0 aliphatic carbocycles. The number of piperidine rings is 1. The average Bonchev–Trinajstić information content (AvgIpc) is 3.22. The molecule has 0 saturated carbocycles. The number of H-pyrrole nitrogens is 2. The van der Waals surface area contributed by atoms with E-state index in [0.717, 1.165) is 5.69 Å². The molecule has 0 bridgehead atoms. The first-order chi connectivity index (χ1) is 13.5. The number of carboxylic acid groups (broad SMARTS) is 1. The molecule has 4 rings (SSSR count). The summed E-state index contributed by atoms with van der Waals surface area (Å²) in [5.74, 6) is -1.42. The number of carboxylic acids is 1. The van der Waals surface area contributed by atoms with Crippen LogP contribution in [-0.4, -0.2) is 50.1 Å². The second kappa shape index (κ2) is 7.47. The molecule has 2 atom stereocenters. The lowest BCUT2D eigenvalue weighted by molar-refractivity contribution is -0.144. The third-order valence-corrected chi connectivity index (χ3v) is 5.56. The first-order valence-corrected chi connectivity index (χ1v) is 9.35. The van der Waals surface area contributed by atoms with Crippen molar-refractivity contribution >= 4 is 16.9 Å². The van der Waals surface area contributed by atoms with Crippen LogP contribution in [0.25, 0.3) is 10.9 Å². The van der Waals surface area contributed by atoms with Crippen molar-refractivity contribution in [3.63, 3.8) is 0 Å². The molecule has 3 aromatic rings. The van der Waals surface area contributed by atoms with Crippen LogP contribution in [0.15, 0.2) is 52.2 Å². The minimum atomic E-state index is -0.829. The highest BCUT2D eigenvalue weighted by atomic mass is 16.4. The molecule has 2 aromatic heterocycles. The van der Waals surface area contributed by atoms with Gasteiger partial charge in [-0.05, 0) is 37.2 Å². The molecule has 1 aromatic carbocycles. The van der Waals surface area contributed by atoms with Gasteiger partial charge in [-0.25, -0.2) is 4.79 Å². The molecular formula is C20H22N4O4. The van der Waals surface area contributed by atoms with Gasteiger partial charge in [0.2, 0.25) is 0 Å². The van der Waals surface area contributed by atoms with Crippen LogP contribution in [0.5, 0.6) is 0 Å². The van der Waals surface area contributed by atoms with E-state index >= 15 is 0 Å². The molecule has 3 heterocycles. The monoisotopic (exact) mass is 382 g/mol. The molecule has 0 amide bonds. The van der Waals surface area contributed by atoms with Gasteiger partial charge in [-0.15, -0.1) is 0 Å². The molecule has 3 N–H and O–H groups in total. The number of hydrogen-bond donors (Lipinski definition) is 3. The van der Waals surface area contributed by atoms with Crippen LogP contribution >= 0.6 is 0 Å². The number of nitrogens with zero attached hydrogens (tertiary/aromatic N) is 2. The largest absolute Gasteiger partial charge is 0.481 e. The van der Waals surface area contributed by atoms with E-state index in [0.29, 0.717) is 37.0 Å². The predicted molar refractivity (Wildman–Crippen MR) is 105 cm³/mol. The van der Waals surface area contributed by atoms with Gasteiger partial charge < -0.3 is 20.0 Å². The van der Waals surface area contributed by atoms with Crippen molar-refractivity contribution in [2.24, 2.45) is 5.92 Å². The van der Waals surface area contributed by atoms with Crippen LogP contribution in [0.3, 0.4) is 0 Å². The molecule has 0 radical (unpaired) electrons. The smallest absolute Gasteiger partial charge is 0.328 e. The minimum Gasteiger partial charge on any atom is -0.481 e. The standard InChI is InChI=1S/C20H22N4O4/c25-18-14-4-1-2-5-17(14)22-20(28)24(18)11-10-23-9-7-13(15(12-23)19(26)27)16-6-3-8-21-16/h1-6,8,13,15,21H,7,9-12H2,(H,22,28)(H,26,27). The maximum Gasteiger partial charge on any atom is 0.328 e. The molecule has 8 nitrogen and oxygen atoms in total. The number of hydrogen-bond acceptors (Lipinski definition) is 4. The maximum absolute atomic E-state index is 12.6. The van der Waals surface area contributed by atoms with Crippen molar-refractivity contribution < 1.29 is 9.90 Å². The van der Waals surface area contributed by atoms with Gasteiger partial charge in [0.25, 0.3) is 5.56 Å². The molecule has 1 aliphatic rings. The Morgan fingerprint density at radius 3 is 2.71 bits per heavy atom. The summed E-state index contributed by atoms with van der Waals surface area (Å²) >= 11 is 0. The normalized spacial score (nSPS) is 20.4. The lowest BCUT2D eigenvalue weighted by Crippen LogP contribution is -2.46. The van der Waals surface area contributed by atoms with Gasteiger partial charge in [-0.1, -0.05) is 12.1 Å². The first kappa shape index (κ1) is 18.2. The van der Waals surface area contributed by atoms with Crippen molar-refractivity contribution in [2.75, 3.05) is 19.6 Å². The Morgan fingerprint density at radius 2 is 1.96 bits per heavy atom. The highest BCUT2D eigenvalue weighted by Gasteiger charge is 2.35. The molecule has 1 fully saturated rings. The average molecular weight is 382 g/mol. The van der Waals surface area contributed by atoms with Crippen LogP contribution < -0.4 is 11.2 Å². The third kappa shape index (κ3) is 3.38. The van der Waals surface area contributed by atoms with E-state index in [1.807, 2.05) is 17.0 Å². The number of aromatic nitrogens is 3. The van der Waals surface area contributed by atoms with Gasteiger partial charge in [0.05, 0.1) is 16.8 Å². The second-order valence-electron chi connectivity index (χ2n) is 7.20. The highest BCUT2D eigenvalue weighted by Crippen LogP contribution is 2.32. The number of carbonyl (C=O) groups is 1. The first-order valence-electron chi connectivity index (χ1n) is 9.35. The van der Waals surface area contributed by atoms with Crippen molar-refractivity contribution in [1.82, 2.24) is 19.4 Å². The van der Waals surface area contributed by atoms with E-state index in [1.54, 1.807) is 30.5 Å². The van der Waals surface area contributed by atoms with E-state index < -0.39 is 17.6 Å². The Balaban J connectivity index is 1.50. The van der Waals surface area contributed by atoms with E-state index in [9.17, 15) is 19.5 Å². The number of fused-ring (bicyclic) bond motifs is 1. The molecule has 8 heteroatoms. The summed E-state index contributed by atoms with van der Waals surface area (Å²) in [6, 6.07) is 10.7. The summed E-state index contributed by atoms with van der Waals surface area (Å²) in [5, 5.41) is 10.1. The molecule has 1 aliphatic heterocycles. The Labute approximate surface area is 160 Å². The fraction of sp³-hybridized carbons (Fsp3) is 0.350. The SMILES string of the molecule is O=C(O)C1CN(CCn2c(=O)[nH]c3ccccc3c2=O)CCC1c1ccc[nH]1. The van der Waals surface area contributed by atoms with E-state index in [-0.39, 0.29) is 18.0 Å². The van der Waals surface area contributed by atoms with Crippen LogP contribution in [0, 0.1) is 5.92 Å². The number of likely N-dealkylation sites (tertiary alicyclic amines) is 1. The van der Waals surface area contributed by atoms with Gasteiger partial charge in [0, 0.05) is 37.4 Å². The Morgan fingerprint density at radius 1 is 1.14 bits per heavy atom. The van der Waals surface area contributed by atoms with E-state index in [1.165, 1.54) is 4.57 Å². The number of aromatic amines is 2. The summed E-state index contributed by atoms with van der Waals surface area (Å²) in [4.78, 5) is 44.6. The lowest BCUT2D eigenvalue weighted by Gasteiger charge is -2.36. The van der Waals surface area contributed by atoms with Gasteiger partial charge in [-0.2, -0.15) is 0 Å². The zero-order valence-electron chi connectivity index (χ0n) is 15.3. The molecule has 28 heavy (non-hydrogen) atoms. The number of nitrogens with one attached hydrogen (secondary N) is 2. The summed E-state index contributed by atoms with van der Waals surface area (Å²) in [5.41, 5.74) is 0.691. The van der Waals surface area contributed by atoms with Crippen LogP contribution in [0.4, 0.5) is 0 Å². The quantitative estimate of drug-likeness (QED) is 0.614. The maximum atomic E-state index is 12.6. The summed E-state index contributed by atoms with van der Waals surface area (Å²) in [7, 11) is 0. The van der Waals surface area contributed by atoms with E-state index in [4.69, 9.17) is 0 Å². The number of benzene rings is 1. The van der Waals surface area contributed by atoms with E-state index in [2.05, 4.69) is 9.97 Å². The fourth-order valence-electron chi connectivity index (χ4n) is 4.06. The zero-order chi connectivity index (χ0) is 19.7. The highest BCUT2D eigenvalue weighted by molar-refractivity contribution is 5.76. The predicted octanol–water partition coefficient (Wildman–Crippen LogP) is 1.21. The fourth-order valence-corrected chi connectivity index (χ4v) is 4.06. The number of rotatable bonds is 5. The molecule has 2 unspecified atom stereocenters. The number of aliphatic carboxylic acids is 1. The Hall–Kier alpha value is -3.13. The lowest BCUT2D eigenvalue weighted by atomic mass is 9.83. The van der Waals surface area contributed by atoms with Crippen molar-refractivity contribution in [3.8, 4) is 0 Å². The van der Waals surface area contributed by atoms with Gasteiger partial charge in [0.15, 0.2) is 0 Å². The van der Waals surface area contributed by atoms with Gasteiger partial charge in [0.1, 0.15) is 0 Å². The van der Waals surface area contributed by atoms with Crippen molar-refractivity contribution in [1.29, 1.82) is 0 Å². The number of para-hydroxylation sites is 1. The topological polar surface area (TPSA) is 111 Å². The summed E-state index contributed by atoms with van der Waals surface area (Å²) in [6.45, 7) is 1.77. The molecule has 146 valence electrons. The molecular weight excluding hydrogens is 360 g/mol. The summed E-state index contributed by atoms with van der Waals surface area (Å²) < 4.78 is 1.19. The van der Waals surface area contributed by atoms with Crippen LogP contribution in [-0.2, 0) is 11.3 Å². The third-order valence-electron chi connectivity index (χ3n) is 5.56. The van der Waals surface area contributed by atoms with Gasteiger partial charge >= 0.3 is 11.7 Å². The van der Waals surface area contributed by atoms with Crippen LogP contribution in [0.2, 0.25) is 0 Å². The minimum absolute atomic E-state index is 0.0597. The summed E-state index contributed by atoms with van der Waals surface area (Å²) in [6.07, 6.45) is 2.51.